The Hall–Kier alpha value is -4.74. The van der Waals surface area contributed by atoms with Crippen LogP contribution in [0.1, 0.15) is 79.1 Å². The van der Waals surface area contributed by atoms with Crippen molar-refractivity contribution in [3.05, 3.63) is 109 Å². The van der Waals surface area contributed by atoms with Crippen LogP contribution < -0.4 is 9.64 Å². The lowest BCUT2D eigenvalue weighted by Crippen LogP contribution is -2.12. The van der Waals surface area contributed by atoms with Crippen LogP contribution in [0.4, 0.5) is 17.1 Å². The monoisotopic (exact) mass is 719 g/mol. The van der Waals surface area contributed by atoms with E-state index in [-0.39, 0.29) is 6.10 Å². The molecule has 3 heterocycles. The highest BCUT2D eigenvalue weighted by atomic mass is 16.6. The van der Waals surface area contributed by atoms with Crippen molar-refractivity contribution in [2.75, 3.05) is 18.1 Å². The summed E-state index contributed by atoms with van der Waals surface area (Å²) in [7, 11) is 0. The van der Waals surface area contributed by atoms with Crippen LogP contribution in [0.3, 0.4) is 0 Å². The highest BCUT2D eigenvalue weighted by Crippen LogP contribution is 2.42. The van der Waals surface area contributed by atoms with Gasteiger partial charge in [0.05, 0.1) is 6.61 Å². The van der Waals surface area contributed by atoms with Crippen LogP contribution in [0, 0.1) is 11.8 Å². The van der Waals surface area contributed by atoms with Gasteiger partial charge in [-0.25, -0.2) is 0 Å². The fourth-order valence-electron chi connectivity index (χ4n) is 8.60. The summed E-state index contributed by atoms with van der Waals surface area (Å²) in [4.78, 5) is 2.43. The van der Waals surface area contributed by atoms with E-state index in [0.29, 0.717) is 18.4 Å². The zero-order chi connectivity index (χ0) is 37.0. The normalized spacial score (nSPS) is 15.4. The lowest BCUT2D eigenvalue weighted by molar-refractivity contribution is 0.263. The average Bonchev–Trinajstić information content (AvgIpc) is 3.94. The van der Waals surface area contributed by atoms with E-state index in [2.05, 4.69) is 151 Å². The number of anilines is 3. The zero-order valence-corrected chi connectivity index (χ0v) is 32.8. The number of ether oxygens (including phenoxy) is 2. The standard InChI is InChI=1S/C49H57N3O2/c1-5-9-15-35(7-3)31-50-46-19-13-11-17-42(46)44-29-38(23-27-48(44)50)52(37-21-25-40(26-22-37)53-33-41-34-54-41)39-24-28-49-45(30-39)43-18-12-14-20-47(43)51(49)32-36(8-4)16-10-6-2/h11-14,17-30,35-36,41H,5-10,15-16,31-34H2,1-4H3. The van der Waals surface area contributed by atoms with Crippen LogP contribution in [-0.2, 0) is 17.8 Å². The lowest BCUT2D eigenvalue weighted by Gasteiger charge is -2.26. The van der Waals surface area contributed by atoms with Gasteiger partial charge in [0.1, 0.15) is 18.5 Å². The topological polar surface area (TPSA) is 34.9 Å². The first-order valence-electron chi connectivity index (χ1n) is 20.8. The summed E-state index contributed by atoms with van der Waals surface area (Å²) in [6.45, 7) is 12.8. The minimum Gasteiger partial charge on any atom is -0.491 e. The van der Waals surface area contributed by atoms with Gasteiger partial charge in [0.2, 0.25) is 0 Å². The van der Waals surface area contributed by atoms with E-state index in [9.17, 15) is 0 Å². The van der Waals surface area contributed by atoms with Crippen LogP contribution >= 0.6 is 0 Å². The molecule has 5 nitrogen and oxygen atoms in total. The molecule has 0 bridgehead atoms. The number of epoxide rings is 1. The molecule has 0 saturated carbocycles. The number of para-hydroxylation sites is 2. The molecule has 1 saturated heterocycles. The Morgan fingerprint density at radius 1 is 0.593 bits per heavy atom. The molecule has 0 aliphatic carbocycles. The molecule has 3 unspecified atom stereocenters. The summed E-state index contributed by atoms with van der Waals surface area (Å²) in [5, 5.41) is 5.24. The van der Waals surface area contributed by atoms with Gasteiger partial charge in [-0.2, -0.15) is 0 Å². The smallest absolute Gasteiger partial charge is 0.119 e. The Kier molecular flexibility index (Phi) is 11.0. The van der Waals surface area contributed by atoms with Gasteiger partial charge in [0.25, 0.3) is 0 Å². The van der Waals surface area contributed by atoms with E-state index in [1.807, 2.05) is 0 Å². The molecular weight excluding hydrogens is 663 g/mol. The lowest BCUT2D eigenvalue weighted by atomic mass is 9.99. The highest BCUT2D eigenvalue weighted by Gasteiger charge is 2.24. The third-order valence-corrected chi connectivity index (χ3v) is 11.9. The SMILES string of the molecule is CCCCC(CC)Cn1c2ccccc2c2cc(N(c3ccc(OCC4CO4)cc3)c3ccc4c(c3)c3ccccc3n4CC(CC)CCCC)ccc21. The Labute approximate surface area is 321 Å². The molecule has 1 fully saturated rings. The fourth-order valence-corrected chi connectivity index (χ4v) is 8.60. The number of unbranched alkanes of at least 4 members (excludes halogenated alkanes) is 2. The maximum absolute atomic E-state index is 6.07. The first-order valence-corrected chi connectivity index (χ1v) is 20.8. The molecule has 3 atom stereocenters. The van der Waals surface area contributed by atoms with Crippen molar-refractivity contribution < 1.29 is 9.47 Å². The van der Waals surface area contributed by atoms with Crippen LogP contribution in [-0.4, -0.2) is 28.5 Å². The molecule has 54 heavy (non-hydrogen) atoms. The zero-order valence-electron chi connectivity index (χ0n) is 32.8. The Bertz CT molecular complexity index is 2190. The largest absolute Gasteiger partial charge is 0.491 e. The fraction of sp³-hybridized carbons (Fsp3) is 0.388. The first-order chi connectivity index (χ1) is 26.6. The van der Waals surface area contributed by atoms with Crippen molar-refractivity contribution in [3.63, 3.8) is 0 Å². The van der Waals surface area contributed by atoms with Gasteiger partial charge in [-0.1, -0.05) is 103 Å². The average molecular weight is 720 g/mol. The quantitative estimate of drug-likeness (QED) is 0.0828. The summed E-state index contributed by atoms with van der Waals surface area (Å²) in [5.41, 5.74) is 8.68. The number of fused-ring (bicyclic) bond motifs is 6. The third kappa shape index (κ3) is 7.36. The van der Waals surface area contributed by atoms with Gasteiger partial charge in [0.15, 0.2) is 0 Å². The molecule has 1 aliphatic heterocycles. The van der Waals surface area contributed by atoms with Crippen LogP contribution in [0.15, 0.2) is 109 Å². The van der Waals surface area contributed by atoms with Crippen molar-refractivity contribution in [2.24, 2.45) is 11.8 Å². The third-order valence-electron chi connectivity index (χ3n) is 11.9. The second-order valence-corrected chi connectivity index (χ2v) is 15.6. The van der Waals surface area contributed by atoms with Gasteiger partial charge >= 0.3 is 0 Å². The molecule has 1 aliphatic rings. The Balaban J connectivity index is 1.25. The summed E-state index contributed by atoms with van der Waals surface area (Å²) in [6.07, 6.45) is 10.2. The summed E-state index contributed by atoms with van der Waals surface area (Å²) in [5.74, 6) is 2.20. The predicted octanol–water partition coefficient (Wildman–Crippen LogP) is 13.6. The van der Waals surface area contributed by atoms with E-state index >= 15 is 0 Å². The highest BCUT2D eigenvalue weighted by molar-refractivity contribution is 6.11. The molecule has 280 valence electrons. The van der Waals surface area contributed by atoms with E-state index in [1.54, 1.807) is 0 Å². The second kappa shape index (κ2) is 16.3. The van der Waals surface area contributed by atoms with Gasteiger partial charge < -0.3 is 23.5 Å². The molecule has 8 rings (SSSR count). The number of rotatable bonds is 18. The van der Waals surface area contributed by atoms with Crippen molar-refractivity contribution in [2.45, 2.75) is 98.3 Å². The van der Waals surface area contributed by atoms with Crippen LogP contribution in [0.5, 0.6) is 5.75 Å². The van der Waals surface area contributed by atoms with Gasteiger partial charge in [0, 0.05) is 73.8 Å². The van der Waals surface area contributed by atoms with Gasteiger partial charge in [-0.05, 0) is 97.5 Å². The predicted molar refractivity (Wildman–Crippen MR) is 229 cm³/mol. The molecule has 0 radical (unpaired) electrons. The van der Waals surface area contributed by atoms with Crippen molar-refractivity contribution >= 4 is 60.7 Å². The van der Waals surface area contributed by atoms with Crippen LogP contribution in [0.2, 0.25) is 0 Å². The summed E-state index contributed by atoms with van der Waals surface area (Å²) in [6, 6.07) is 40.8. The molecule has 0 N–H and O–H groups in total. The van der Waals surface area contributed by atoms with Crippen LogP contribution in [0.25, 0.3) is 43.6 Å². The minimum absolute atomic E-state index is 0.224. The molecule has 0 spiro atoms. The maximum Gasteiger partial charge on any atom is 0.119 e. The maximum atomic E-state index is 6.07. The van der Waals surface area contributed by atoms with Crippen molar-refractivity contribution in [3.8, 4) is 5.75 Å². The number of hydrogen-bond acceptors (Lipinski definition) is 3. The molecule has 2 aromatic heterocycles. The Morgan fingerprint density at radius 3 is 1.52 bits per heavy atom. The van der Waals surface area contributed by atoms with E-state index in [4.69, 9.17) is 9.47 Å². The van der Waals surface area contributed by atoms with Crippen molar-refractivity contribution in [1.82, 2.24) is 9.13 Å². The van der Waals surface area contributed by atoms with Gasteiger partial charge in [-0.3, -0.25) is 0 Å². The van der Waals surface area contributed by atoms with Crippen molar-refractivity contribution in [1.29, 1.82) is 0 Å². The summed E-state index contributed by atoms with van der Waals surface area (Å²) >= 11 is 0. The molecule has 5 aromatic carbocycles. The Morgan fingerprint density at radius 2 is 1.06 bits per heavy atom. The number of aromatic nitrogens is 2. The van der Waals surface area contributed by atoms with E-state index < -0.39 is 0 Å². The molecular formula is C49H57N3O2. The molecule has 5 heteroatoms. The second-order valence-electron chi connectivity index (χ2n) is 15.6. The van der Waals surface area contributed by atoms with E-state index in [1.165, 1.54) is 95.0 Å². The first kappa shape index (κ1) is 36.2. The molecule has 7 aromatic rings. The summed E-state index contributed by atoms with van der Waals surface area (Å²) < 4.78 is 16.6. The van der Waals surface area contributed by atoms with Gasteiger partial charge in [-0.15, -0.1) is 0 Å². The van der Waals surface area contributed by atoms with E-state index in [0.717, 1.165) is 42.5 Å². The number of hydrogen-bond donors (Lipinski definition) is 0. The molecule has 0 amide bonds. The number of benzene rings is 5. The number of nitrogens with zero attached hydrogens (tertiary/aromatic N) is 3. The minimum atomic E-state index is 0.224.